The molecule has 0 amide bonds. The molecule has 1 aromatic rings. The number of halogens is 1. The van der Waals surface area contributed by atoms with Crippen LogP contribution >= 0.6 is 11.6 Å². The molecule has 5 heteroatoms. The van der Waals surface area contributed by atoms with Crippen LogP contribution in [0.15, 0.2) is 6.20 Å². The van der Waals surface area contributed by atoms with Crippen molar-refractivity contribution in [2.45, 2.75) is 39.3 Å². The highest BCUT2D eigenvalue weighted by Gasteiger charge is 2.37. The van der Waals surface area contributed by atoms with E-state index in [1.807, 2.05) is 27.7 Å². The molecular weight excluding hydrogens is 226 g/mol. The van der Waals surface area contributed by atoms with Gasteiger partial charge in [0.25, 0.3) is 0 Å². The number of aromatic nitrogens is 2. The maximum atomic E-state index is 10.6. The normalized spacial score (nSPS) is 15.8. The lowest BCUT2D eigenvalue weighted by atomic mass is 9.87. The van der Waals surface area contributed by atoms with E-state index in [1.54, 1.807) is 10.9 Å². The van der Waals surface area contributed by atoms with Crippen LogP contribution in [0.3, 0.4) is 0 Å². The van der Waals surface area contributed by atoms with Crippen LogP contribution in [0.25, 0.3) is 0 Å². The van der Waals surface area contributed by atoms with Gasteiger partial charge in [-0.3, -0.25) is 4.68 Å². The summed E-state index contributed by atoms with van der Waals surface area (Å²) in [4.78, 5) is 0. The summed E-state index contributed by atoms with van der Waals surface area (Å²) in [5.41, 5.74) is 5.17. The highest BCUT2D eigenvalue weighted by molar-refractivity contribution is 6.31. The summed E-state index contributed by atoms with van der Waals surface area (Å²) >= 11 is 6.10. The van der Waals surface area contributed by atoms with E-state index in [-0.39, 0.29) is 18.5 Å². The molecule has 4 nitrogen and oxygen atoms in total. The fraction of sp³-hybridized carbons (Fsp3) is 0.727. The first-order chi connectivity index (χ1) is 7.34. The van der Waals surface area contributed by atoms with Crippen molar-refractivity contribution in [2.75, 3.05) is 6.54 Å². The first kappa shape index (κ1) is 13.5. The Balaban J connectivity index is 3.34. The van der Waals surface area contributed by atoms with Gasteiger partial charge in [0.15, 0.2) is 0 Å². The number of nitrogens with two attached hydrogens (primary N) is 1. The van der Waals surface area contributed by atoms with Gasteiger partial charge in [0, 0.05) is 12.6 Å². The van der Waals surface area contributed by atoms with Crippen LogP contribution in [0.2, 0.25) is 5.02 Å². The van der Waals surface area contributed by atoms with Gasteiger partial charge in [0.05, 0.1) is 16.9 Å². The minimum absolute atomic E-state index is 0.0239. The van der Waals surface area contributed by atoms with Crippen LogP contribution in [-0.4, -0.2) is 21.4 Å². The van der Waals surface area contributed by atoms with E-state index >= 15 is 0 Å². The Kier molecular flexibility index (Phi) is 3.99. The summed E-state index contributed by atoms with van der Waals surface area (Å²) in [5, 5.41) is 15.2. The van der Waals surface area contributed by atoms with Gasteiger partial charge >= 0.3 is 0 Å². The number of hydrogen-bond donors (Lipinski definition) is 2. The standard InChI is InChI=1S/C11H20ClN3O/c1-7(2)11(16,6-13)10-9(12)5-14-15(10)8(3)4/h5,7-8,16H,6,13H2,1-4H3. The molecule has 0 radical (unpaired) electrons. The van der Waals surface area contributed by atoms with Crippen LogP contribution in [0.1, 0.15) is 39.4 Å². The Hall–Kier alpha value is -0.580. The van der Waals surface area contributed by atoms with E-state index in [2.05, 4.69) is 5.10 Å². The third-order valence-corrected chi connectivity index (χ3v) is 3.19. The molecule has 0 aliphatic heterocycles. The minimum Gasteiger partial charge on any atom is -0.382 e. The van der Waals surface area contributed by atoms with Crippen LogP contribution in [-0.2, 0) is 5.60 Å². The SMILES string of the molecule is CC(C)n1ncc(Cl)c1C(O)(CN)C(C)C. The van der Waals surface area contributed by atoms with Crippen molar-refractivity contribution >= 4 is 11.6 Å². The van der Waals surface area contributed by atoms with Crippen molar-refractivity contribution in [3.63, 3.8) is 0 Å². The van der Waals surface area contributed by atoms with Gasteiger partial charge in [-0.25, -0.2) is 0 Å². The van der Waals surface area contributed by atoms with Gasteiger partial charge in [-0.1, -0.05) is 25.4 Å². The lowest BCUT2D eigenvalue weighted by Crippen LogP contribution is -2.42. The van der Waals surface area contributed by atoms with Gasteiger partial charge in [-0.15, -0.1) is 0 Å². The van der Waals surface area contributed by atoms with Crippen molar-refractivity contribution < 1.29 is 5.11 Å². The fourth-order valence-corrected chi connectivity index (χ4v) is 2.04. The lowest BCUT2D eigenvalue weighted by molar-refractivity contribution is -0.0102. The molecule has 0 spiro atoms. The van der Waals surface area contributed by atoms with Gasteiger partial charge in [-0.05, 0) is 19.8 Å². The summed E-state index contributed by atoms with van der Waals surface area (Å²) in [5.74, 6) is -0.0239. The van der Waals surface area contributed by atoms with Crippen molar-refractivity contribution in [2.24, 2.45) is 11.7 Å². The van der Waals surface area contributed by atoms with Crippen molar-refractivity contribution in [1.29, 1.82) is 0 Å². The molecule has 3 N–H and O–H groups in total. The summed E-state index contributed by atoms with van der Waals surface area (Å²) in [6, 6.07) is 0.138. The molecule has 1 unspecified atom stereocenters. The molecule has 0 saturated carbocycles. The Labute approximate surface area is 101 Å². The largest absolute Gasteiger partial charge is 0.382 e. The fourth-order valence-electron chi connectivity index (χ4n) is 1.74. The first-order valence-electron chi connectivity index (χ1n) is 5.50. The van der Waals surface area contributed by atoms with E-state index in [0.29, 0.717) is 10.7 Å². The second-order valence-electron chi connectivity index (χ2n) is 4.66. The Morgan fingerprint density at radius 1 is 1.50 bits per heavy atom. The van der Waals surface area contributed by atoms with Crippen LogP contribution in [0.4, 0.5) is 0 Å². The van der Waals surface area contributed by atoms with Crippen LogP contribution in [0, 0.1) is 5.92 Å². The average Bonchev–Trinajstić information content (AvgIpc) is 2.59. The average molecular weight is 246 g/mol. The van der Waals surface area contributed by atoms with Gasteiger partial charge < -0.3 is 10.8 Å². The Morgan fingerprint density at radius 3 is 2.44 bits per heavy atom. The van der Waals surface area contributed by atoms with E-state index in [9.17, 15) is 5.11 Å². The molecule has 0 aromatic carbocycles. The summed E-state index contributed by atoms with van der Waals surface area (Å²) in [6.45, 7) is 7.94. The third kappa shape index (κ3) is 2.10. The van der Waals surface area contributed by atoms with Gasteiger partial charge in [0.1, 0.15) is 5.60 Å². The quantitative estimate of drug-likeness (QED) is 0.852. The molecule has 0 fully saturated rings. The van der Waals surface area contributed by atoms with Crippen LogP contribution < -0.4 is 5.73 Å². The second-order valence-corrected chi connectivity index (χ2v) is 5.07. The van der Waals surface area contributed by atoms with Crippen LogP contribution in [0.5, 0.6) is 0 Å². The monoisotopic (exact) mass is 245 g/mol. The number of nitrogens with zero attached hydrogens (tertiary/aromatic N) is 2. The maximum absolute atomic E-state index is 10.6. The van der Waals surface area contributed by atoms with E-state index in [4.69, 9.17) is 17.3 Å². The molecule has 92 valence electrons. The summed E-state index contributed by atoms with van der Waals surface area (Å²) in [6.07, 6.45) is 1.56. The maximum Gasteiger partial charge on any atom is 0.122 e. The van der Waals surface area contributed by atoms with E-state index in [1.165, 1.54) is 0 Å². The summed E-state index contributed by atoms with van der Waals surface area (Å²) in [7, 11) is 0. The molecule has 0 saturated heterocycles. The number of aliphatic hydroxyl groups is 1. The van der Waals surface area contributed by atoms with E-state index in [0.717, 1.165) is 0 Å². The second kappa shape index (κ2) is 4.73. The topological polar surface area (TPSA) is 64.1 Å². The van der Waals surface area contributed by atoms with Crippen molar-refractivity contribution in [3.05, 3.63) is 16.9 Å². The highest BCUT2D eigenvalue weighted by atomic mass is 35.5. The van der Waals surface area contributed by atoms with Crippen molar-refractivity contribution in [3.8, 4) is 0 Å². The number of hydrogen-bond acceptors (Lipinski definition) is 3. The smallest absolute Gasteiger partial charge is 0.122 e. The Bertz CT molecular complexity index is 362. The molecule has 16 heavy (non-hydrogen) atoms. The minimum atomic E-state index is -1.13. The van der Waals surface area contributed by atoms with Gasteiger partial charge in [0.2, 0.25) is 0 Å². The first-order valence-corrected chi connectivity index (χ1v) is 5.88. The molecule has 1 atom stereocenters. The van der Waals surface area contributed by atoms with E-state index < -0.39 is 5.60 Å². The Morgan fingerprint density at radius 2 is 2.06 bits per heavy atom. The predicted molar refractivity (Wildman–Crippen MR) is 65.4 cm³/mol. The van der Waals surface area contributed by atoms with Gasteiger partial charge in [-0.2, -0.15) is 5.10 Å². The summed E-state index contributed by atoms with van der Waals surface area (Å²) < 4.78 is 1.73. The highest BCUT2D eigenvalue weighted by Crippen LogP contribution is 2.34. The zero-order valence-electron chi connectivity index (χ0n) is 10.2. The third-order valence-electron chi connectivity index (χ3n) is 2.92. The lowest BCUT2D eigenvalue weighted by Gasteiger charge is -2.32. The zero-order chi connectivity index (χ0) is 12.5. The van der Waals surface area contributed by atoms with Crippen molar-refractivity contribution in [1.82, 2.24) is 9.78 Å². The zero-order valence-corrected chi connectivity index (χ0v) is 11.0. The molecule has 1 heterocycles. The molecule has 1 aromatic heterocycles. The molecule has 1 rings (SSSR count). The predicted octanol–water partition coefficient (Wildman–Crippen LogP) is 1.92. The molecule has 0 bridgehead atoms. The molecular formula is C11H20ClN3O. The number of rotatable bonds is 4. The molecule has 0 aliphatic carbocycles. The molecule has 0 aliphatic rings.